The third-order valence-corrected chi connectivity index (χ3v) is 7.41. The van der Waals surface area contributed by atoms with Crippen molar-refractivity contribution in [1.29, 1.82) is 5.26 Å². The average Bonchev–Trinajstić information content (AvgIpc) is 3.63. The second-order valence-electron chi connectivity index (χ2n) is 10.4. The van der Waals surface area contributed by atoms with Crippen molar-refractivity contribution in [1.82, 2.24) is 33.7 Å². The molecular weight excluding hydrogens is 504 g/mol. The van der Waals surface area contributed by atoms with Crippen molar-refractivity contribution >= 4 is 23.3 Å². The summed E-state index contributed by atoms with van der Waals surface area (Å²) in [5.74, 6) is 0.493. The van der Waals surface area contributed by atoms with Crippen LogP contribution in [0.15, 0.2) is 30.6 Å². The van der Waals surface area contributed by atoms with Crippen molar-refractivity contribution < 1.29 is 14.3 Å². The predicted molar refractivity (Wildman–Crippen MR) is 141 cm³/mol. The van der Waals surface area contributed by atoms with Gasteiger partial charge in [-0.15, -0.1) is 5.10 Å². The molecule has 5 heterocycles. The van der Waals surface area contributed by atoms with Gasteiger partial charge in [0.1, 0.15) is 34.8 Å². The van der Waals surface area contributed by atoms with Gasteiger partial charge in [0.05, 0.1) is 22.8 Å². The number of aromatic nitrogens is 6. The van der Waals surface area contributed by atoms with Crippen molar-refractivity contribution in [3.63, 3.8) is 0 Å². The minimum atomic E-state index is -0.518. The zero-order valence-electron chi connectivity index (χ0n) is 22.1. The summed E-state index contributed by atoms with van der Waals surface area (Å²) in [7, 11) is 0. The molecule has 4 aromatic heterocycles. The van der Waals surface area contributed by atoms with Crippen LogP contribution in [0.4, 0.5) is 4.79 Å². The molecule has 12 heteroatoms. The molecule has 0 radical (unpaired) electrons. The smallest absolute Gasteiger partial charge is 0.410 e. The van der Waals surface area contributed by atoms with Gasteiger partial charge in [-0.25, -0.2) is 18.8 Å². The fourth-order valence-corrected chi connectivity index (χ4v) is 5.19. The molecule has 1 saturated heterocycles. The lowest BCUT2D eigenvalue weighted by Crippen LogP contribution is -2.42. The lowest BCUT2D eigenvalue weighted by Gasteiger charge is -2.33. The first kappa shape index (κ1) is 25.7. The minimum absolute atomic E-state index is 0.123. The maximum atomic E-state index is 12.5. The largest absolute Gasteiger partial charge is 0.470 e. The maximum absolute atomic E-state index is 12.5. The first-order valence-corrected chi connectivity index (χ1v) is 13.3. The molecule has 38 heavy (non-hydrogen) atoms. The van der Waals surface area contributed by atoms with Crippen molar-refractivity contribution in [3.8, 4) is 23.2 Å². The summed E-state index contributed by atoms with van der Waals surface area (Å²) in [5.41, 5.74) is 2.89. The Labute approximate surface area is 224 Å². The number of fused-ring (bicyclic) bond motifs is 1. The summed E-state index contributed by atoms with van der Waals surface area (Å²) in [6.07, 6.45) is 4.25. The second-order valence-corrected chi connectivity index (χ2v) is 11.2. The number of carbonyl (C=O) groups excluding carboxylic acids is 1. The Balaban J connectivity index is 1.40. The zero-order chi connectivity index (χ0) is 27.0. The van der Waals surface area contributed by atoms with Crippen molar-refractivity contribution in [3.05, 3.63) is 46.9 Å². The van der Waals surface area contributed by atoms with Crippen LogP contribution in [0.25, 0.3) is 16.9 Å². The summed E-state index contributed by atoms with van der Waals surface area (Å²) >= 11 is 1.37. The van der Waals surface area contributed by atoms with Gasteiger partial charge in [-0.3, -0.25) is 4.40 Å². The predicted octanol–water partition coefficient (Wildman–Crippen LogP) is 4.94. The monoisotopic (exact) mass is 534 g/mol. The lowest BCUT2D eigenvalue weighted by molar-refractivity contribution is 0.0184. The maximum Gasteiger partial charge on any atom is 0.410 e. The number of ether oxygens (including phenoxy) is 2. The van der Waals surface area contributed by atoms with E-state index >= 15 is 0 Å². The topological polar surface area (TPSA) is 123 Å². The SMILES string of the molecule is Cc1c(-c2cc(OC(C)c3ccns3)n3c(C#N)cnc3c2)nnn1C1CCN(C(=O)OC(C)(C)C)CC1. The fourth-order valence-electron chi connectivity index (χ4n) is 4.63. The van der Waals surface area contributed by atoms with E-state index in [1.165, 1.54) is 17.7 Å². The van der Waals surface area contributed by atoms with E-state index in [0.29, 0.717) is 30.3 Å². The summed E-state index contributed by atoms with van der Waals surface area (Å²) < 4.78 is 19.6. The normalized spacial score (nSPS) is 15.4. The summed E-state index contributed by atoms with van der Waals surface area (Å²) in [5, 5.41) is 18.6. The number of nitriles is 1. The van der Waals surface area contributed by atoms with E-state index in [-0.39, 0.29) is 18.2 Å². The standard InChI is InChI=1S/C26H30N8O3S/c1-16-24(30-31-34(16)19-7-10-32(11-8-19)25(35)37-26(3,4)5)18-12-22-28-15-20(14-27)33(22)23(13-18)36-17(2)21-6-9-29-38-21/h6,9,12-13,15,17,19H,7-8,10-11H2,1-5H3. The highest BCUT2D eigenvalue weighted by atomic mass is 32.1. The van der Waals surface area contributed by atoms with Gasteiger partial charge in [0.15, 0.2) is 0 Å². The summed E-state index contributed by atoms with van der Waals surface area (Å²) in [6.45, 7) is 10.7. The molecule has 0 spiro atoms. The molecule has 4 aromatic rings. The number of pyridine rings is 1. The van der Waals surface area contributed by atoms with E-state index in [2.05, 4.69) is 25.7 Å². The average molecular weight is 535 g/mol. The molecule has 1 amide bonds. The van der Waals surface area contributed by atoms with Gasteiger partial charge >= 0.3 is 6.09 Å². The summed E-state index contributed by atoms with van der Waals surface area (Å²) in [4.78, 5) is 19.6. The molecule has 0 aliphatic carbocycles. The van der Waals surface area contributed by atoms with Crippen LogP contribution in [0.2, 0.25) is 0 Å². The molecule has 1 aliphatic heterocycles. The molecule has 198 valence electrons. The fraction of sp³-hybridized carbons (Fsp3) is 0.462. The molecule has 0 saturated carbocycles. The van der Waals surface area contributed by atoms with Crippen molar-refractivity contribution in [2.75, 3.05) is 13.1 Å². The molecule has 1 fully saturated rings. The van der Waals surface area contributed by atoms with Crippen LogP contribution in [0.3, 0.4) is 0 Å². The Morgan fingerprint density at radius 3 is 2.68 bits per heavy atom. The molecule has 0 aromatic carbocycles. The first-order valence-electron chi connectivity index (χ1n) is 12.5. The third kappa shape index (κ3) is 5.06. The highest BCUT2D eigenvalue weighted by Crippen LogP contribution is 2.33. The molecule has 1 atom stereocenters. The van der Waals surface area contributed by atoms with Crippen molar-refractivity contribution in [2.24, 2.45) is 0 Å². The molecule has 0 bridgehead atoms. The Kier molecular flexibility index (Phi) is 6.79. The number of nitrogens with zero attached hydrogens (tertiary/aromatic N) is 8. The second kappa shape index (κ2) is 10.1. The zero-order valence-corrected chi connectivity index (χ0v) is 22.9. The number of piperidine rings is 1. The van der Waals surface area contributed by atoms with Gasteiger partial charge in [0, 0.05) is 30.9 Å². The van der Waals surface area contributed by atoms with E-state index in [4.69, 9.17) is 9.47 Å². The summed E-state index contributed by atoms with van der Waals surface area (Å²) in [6, 6.07) is 7.98. The van der Waals surface area contributed by atoms with Gasteiger partial charge in [-0.2, -0.15) is 5.26 Å². The quantitative estimate of drug-likeness (QED) is 0.353. The number of carbonyl (C=O) groups is 1. The highest BCUT2D eigenvalue weighted by molar-refractivity contribution is 7.05. The number of hydrogen-bond acceptors (Lipinski definition) is 9. The van der Waals surface area contributed by atoms with Crippen LogP contribution < -0.4 is 4.74 Å². The third-order valence-electron chi connectivity index (χ3n) is 6.51. The Hall–Kier alpha value is -3.98. The highest BCUT2D eigenvalue weighted by Gasteiger charge is 2.29. The number of likely N-dealkylation sites (tertiary alicyclic amines) is 1. The Morgan fingerprint density at radius 1 is 1.26 bits per heavy atom. The molecule has 5 rings (SSSR count). The molecule has 1 aliphatic rings. The van der Waals surface area contributed by atoms with E-state index < -0.39 is 5.60 Å². The number of rotatable bonds is 5. The Bertz CT molecular complexity index is 1490. The van der Waals surface area contributed by atoms with Gasteiger partial charge < -0.3 is 14.4 Å². The lowest BCUT2D eigenvalue weighted by atomic mass is 10.0. The first-order chi connectivity index (χ1) is 18.1. The van der Waals surface area contributed by atoms with Crippen LogP contribution in [0.1, 0.15) is 68.9 Å². The number of imidazole rings is 1. The Morgan fingerprint density at radius 2 is 2.03 bits per heavy atom. The number of amides is 1. The van der Waals surface area contributed by atoms with E-state index in [9.17, 15) is 10.1 Å². The van der Waals surface area contributed by atoms with Crippen LogP contribution in [-0.4, -0.2) is 58.4 Å². The molecule has 11 nitrogen and oxygen atoms in total. The minimum Gasteiger partial charge on any atom is -0.470 e. The van der Waals surface area contributed by atoms with Gasteiger partial charge in [0.2, 0.25) is 5.88 Å². The molecule has 1 unspecified atom stereocenters. The molecular formula is C26H30N8O3S. The van der Waals surface area contributed by atoms with Crippen molar-refractivity contribution in [2.45, 2.75) is 65.2 Å². The van der Waals surface area contributed by atoms with Crippen LogP contribution in [0.5, 0.6) is 5.88 Å². The van der Waals surface area contributed by atoms with Gasteiger partial charge in [-0.05, 0) is 71.1 Å². The van der Waals surface area contributed by atoms with Gasteiger partial charge in [-0.1, -0.05) is 5.21 Å². The van der Waals surface area contributed by atoms with Crippen LogP contribution in [-0.2, 0) is 4.74 Å². The van der Waals surface area contributed by atoms with Gasteiger partial charge in [0.25, 0.3) is 0 Å². The van der Waals surface area contributed by atoms with E-state index in [1.54, 1.807) is 15.5 Å². The van der Waals surface area contributed by atoms with E-state index in [0.717, 1.165) is 34.7 Å². The van der Waals surface area contributed by atoms with E-state index in [1.807, 2.05) is 57.5 Å². The molecule has 0 N–H and O–H groups in total. The van der Waals surface area contributed by atoms with Crippen LogP contribution in [0, 0.1) is 18.3 Å². The van der Waals surface area contributed by atoms with Crippen LogP contribution >= 0.6 is 11.5 Å². The number of hydrogen-bond donors (Lipinski definition) is 0.